The molecule has 106 valence electrons. The van der Waals surface area contributed by atoms with E-state index in [2.05, 4.69) is 5.10 Å². The Bertz CT molecular complexity index is 457. The van der Waals surface area contributed by atoms with Crippen molar-refractivity contribution in [3.63, 3.8) is 0 Å². The molecule has 1 heterocycles. The van der Waals surface area contributed by atoms with E-state index >= 15 is 0 Å². The van der Waals surface area contributed by atoms with Crippen LogP contribution in [-0.4, -0.2) is 41.1 Å². The molecule has 0 unspecified atom stereocenters. The second-order valence-electron chi connectivity index (χ2n) is 4.74. The van der Waals surface area contributed by atoms with Crippen LogP contribution in [-0.2, 0) is 6.54 Å². The summed E-state index contributed by atoms with van der Waals surface area (Å²) >= 11 is 6.08. The maximum absolute atomic E-state index is 12.3. The molecule has 0 atom stereocenters. The van der Waals surface area contributed by atoms with E-state index in [0.717, 1.165) is 25.0 Å². The van der Waals surface area contributed by atoms with Gasteiger partial charge in [-0.15, -0.1) is 0 Å². The summed E-state index contributed by atoms with van der Waals surface area (Å²) in [7, 11) is 3.97. The molecule has 19 heavy (non-hydrogen) atoms. The topological polar surface area (TPSA) is 38.1 Å². The number of hydrogen-bond donors (Lipinski definition) is 0. The van der Waals surface area contributed by atoms with Gasteiger partial charge in [-0.25, -0.2) is 0 Å². The van der Waals surface area contributed by atoms with E-state index in [1.165, 1.54) is 6.20 Å². The number of carbonyl (C=O) groups excluding carboxylic acids is 1. The Kier molecular flexibility index (Phi) is 6.25. The number of halogens is 1. The molecule has 0 radical (unpaired) electrons. The van der Waals surface area contributed by atoms with Crippen LogP contribution in [0.25, 0.3) is 0 Å². The van der Waals surface area contributed by atoms with Crippen molar-refractivity contribution >= 4 is 17.4 Å². The Morgan fingerprint density at radius 2 is 2.05 bits per heavy atom. The van der Waals surface area contributed by atoms with Gasteiger partial charge in [0.25, 0.3) is 0 Å². The van der Waals surface area contributed by atoms with Crippen LogP contribution in [0, 0.1) is 0 Å². The lowest BCUT2D eigenvalue weighted by Crippen LogP contribution is -2.21. The molecule has 0 aliphatic rings. The molecule has 0 aliphatic heterocycles. The molecular weight excluding hydrogens is 262 g/mol. The van der Waals surface area contributed by atoms with Crippen molar-refractivity contribution in [1.29, 1.82) is 0 Å². The van der Waals surface area contributed by atoms with E-state index < -0.39 is 0 Å². The fraction of sp³-hybridized carbons (Fsp3) is 0.571. The van der Waals surface area contributed by atoms with E-state index in [4.69, 9.17) is 11.6 Å². The fourth-order valence-corrected chi connectivity index (χ4v) is 2.01. The van der Waals surface area contributed by atoms with Crippen molar-refractivity contribution in [2.45, 2.75) is 33.2 Å². The second-order valence-corrected chi connectivity index (χ2v) is 5.15. The Labute approximate surface area is 120 Å². The van der Waals surface area contributed by atoms with E-state index in [0.29, 0.717) is 17.3 Å². The fourth-order valence-electron chi connectivity index (χ4n) is 1.78. The van der Waals surface area contributed by atoms with Crippen molar-refractivity contribution < 1.29 is 4.79 Å². The third-order valence-corrected chi connectivity index (χ3v) is 3.31. The molecule has 4 nitrogen and oxygen atoms in total. The Morgan fingerprint density at radius 1 is 1.42 bits per heavy atom. The highest BCUT2D eigenvalue weighted by molar-refractivity contribution is 6.34. The molecule has 1 aromatic heterocycles. The largest absolute Gasteiger partial charge is 0.308 e. The highest BCUT2D eigenvalue weighted by atomic mass is 35.5. The molecule has 0 amide bonds. The van der Waals surface area contributed by atoms with Gasteiger partial charge in [-0.3, -0.25) is 9.48 Å². The minimum atomic E-state index is -0.0556. The quantitative estimate of drug-likeness (QED) is 0.570. The van der Waals surface area contributed by atoms with Crippen LogP contribution in [0.5, 0.6) is 0 Å². The maximum Gasteiger partial charge on any atom is 0.205 e. The van der Waals surface area contributed by atoms with Crippen LogP contribution in [0.2, 0.25) is 5.02 Å². The van der Waals surface area contributed by atoms with Crippen LogP contribution in [0.3, 0.4) is 0 Å². The third kappa shape index (κ3) is 4.48. The van der Waals surface area contributed by atoms with Gasteiger partial charge in [0.15, 0.2) is 0 Å². The van der Waals surface area contributed by atoms with E-state index in [9.17, 15) is 4.79 Å². The van der Waals surface area contributed by atoms with Crippen molar-refractivity contribution in [2.75, 3.05) is 20.6 Å². The first-order valence-electron chi connectivity index (χ1n) is 6.59. The van der Waals surface area contributed by atoms with Crippen molar-refractivity contribution in [2.24, 2.45) is 0 Å². The maximum atomic E-state index is 12.3. The molecule has 0 spiro atoms. The minimum absolute atomic E-state index is 0.0556. The number of hydrogen-bond acceptors (Lipinski definition) is 3. The number of likely N-dealkylation sites (N-methyl/N-ethyl adjacent to an activating group) is 1. The molecule has 5 heteroatoms. The summed E-state index contributed by atoms with van der Waals surface area (Å²) in [5, 5.41) is 4.60. The molecule has 0 bridgehead atoms. The summed E-state index contributed by atoms with van der Waals surface area (Å²) in [6.45, 7) is 5.57. The van der Waals surface area contributed by atoms with Gasteiger partial charge >= 0.3 is 0 Å². The zero-order valence-corrected chi connectivity index (χ0v) is 12.9. The first-order chi connectivity index (χ1) is 8.99. The number of aromatic nitrogens is 2. The first-order valence-corrected chi connectivity index (χ1v) is 6.97. The van der Waals surface area contributed by atoms with Crippen molar-refractivity contribution in [1.82, 2.24) is 14.7 Å². The van der Waals surface area contributed by atoms with Gasteiger partial charge in [-0.1, -0.05) is 31.0 Å². The smallest absolute Gasteiger partial charge is 0.205 e. The Balaban J connectivity index is 2.95. The number of carbonyl (C=O) groups is 1. The predicted octanol–water partition coefficient (Wildman–Crippen LogP) is 3.03. The molecular formula is C14H22ClN3O. The molecule has 0 fully saturated rings. The molecule has 0 saturated carbocycles. The van der Waals surface area contributed by atoms with Gasteiger partial charge in [0, 0.05) is 6.54 Å². The standard InChI is InChI=1S/C14H22ClN3O/c1-5-11(6-2)9-13(19)14-12(15)10-16-18(14)8-7-17(3)4/h9-10H,5-8H2,1-4H3. The SMILES string of the molecule is CCC(=CC(=O)c1c(Cl)cnn1CCN(C)C)CC. The van der Waals surface area contributed by atoms with Gasteiger partial charge in [-0.05, 0) is 33.0 Å². The predicted molar refractivity (Wildman–Crippen MR) is 78.8 cm³/mol. The summed E-state index contributed by atoms with van der Waals surface area (Å²) in [4.78, 5) is 14.3. The van der Waals surface area contributed by atoms with Gasteiger partial charge in [0.1, 0.15) is 5.69 Å². The number of allylic oxidation sites excluding steroid dienone is 2. The summed E-state index contributed by atoms with van der Waals surface area (Å²) < 4.78 is 1.68. The average molecular weight is 284 g/mol. The summed E-state index contributed by atoms with van der Waals surface area (Å²) in [5.74, 6) is -0.0556. The van der Waals surface area contributed by atoms with E-state index in [1.807, 2.05) is 32.8 Å². The van der Waals surface area contributed by atoms with Gasteiger partial charge in [-0.2, -0.15) is 5.10 Å². The second kappa shape index (κ2) is 7.46. The normalized spacial score (nSPS) is 10.8. The molecule has 1 aromatic rings. The van der Waals surface area contributed by atoms with Crippen LogP contribution in [0.1, 0.15) is 37.2 Å². The molecule has 0 saturated heterocycles. The lowest BCUT2D eigenvalue weighted by molar-refractivity contribution is 0.103. The highest BCUT2D eigenvalue weighted by Crippen LogP contribution is 2.18. The molecule has 0 N–H and O–H groups in total. The van der Waals surface area contributed by atoms with E-state index in [-0.39, 0.29) is 5.78 Å². The minimum Gasteiger partial charge on any atom is -0.308 e. The van der Waals surface area contributed by atoms with Crippen molar-refractivity contribution in [3.8, 4) is 0 Å². The van der Waals surface area contributed by atoms with Gasteiger partial charge in [0.05, 0.1) is 17.8 Å². The van der Waals surface area contributed by atoms with Crippen LogP contribution in [0.4, 0.5) is 0 Å². The summed E-state index contributed by atoms with van der Waals surface area (Å²) in [6, 6.07) is 0. The molecule has 0 aromatic carbocycles. The lowest BCUT2D eigenvalue weighted by Gasteiger charge is -2.11. The number of ketones is 1. The zero-order valence-electron chi connectivity index (χ0n) is 12.1. The zero-order chi connectivity index (χ0) is 14.4. The summed E-state index contributed by atoms with van der Waals surface area (Å²) in [5.41, 5.74) is 1.62. The molecule has 0 aliphatic carbocycles. The first kappa shape index (κ1) is 15.9. The Hall–Kier alpha value is -1.13. The third-order valence-electron chi connectivity index (χ3n) is 3.03. The van der Waals surface area contributed by atoms with Crippen LogP contribution in [0.15, 0.2) is 17.8 Å². The average Bonchev–Trinajstić information content (AvgIpc) is 2.74. The highest BCUT2D eigenvalue weighted by Gasteiger charge is 2.16. The van der Waals surface area contributed by atoms with E-state index in [1.54, 1.807) is 10.8 Å². The number of rotatable bonds is 7. The Morgan fingerprint density at radius 3 is 2.58 bits per heavy atom. The summed E-state index contributed by atoms with van der Waals surface area (Å²) in [6.07, 6.45) is 4.99. The van der Waals surface area contributed by atoms with Crippen LogP contribution >= 0.6 is 11.6 Å². The van der Waals surface area contributed by atoms with Crippen molar-refractivity contribution in [3.05, 3.63) is 28.6 Å². The lowest BCUT2D eigenvalue weighted by atomic mass is 10.1. The van der Waals surface area contributed by atoms with Crippen LogP contribution < -0.4 is 0 Å². The van der Waals surface area contributed by atoms with Gasteiger partial charge in [0.2, 0.25) is 5.78 Å². The monoisotopic (exact) mass is 283 g/mol. The number of nitrogens with zero attached hydrogens (tertiary/aromatic N) is 3. The molecule has 1 rings (SSSR count). The van der Waals surface area contributed by atoms with Gasteiger partial charge < -0.3 is 4.90 Å².